The van der Waals surface area contributed by atoms with Crippen molar-refractivity contribution in [1.29, 1.82) is 0 Å². The summed E-state index contributed by atoms with van der Waals surface area (Å²) >= 11 is 0. The van der Waals surface area contributed by atoms with E-state index in [4.69, 9.17) is 14.2 Å². The number of amides is 3. The van der Waals surface area contributed by atoms with Crippen LogP contribution in [0.2, 0.25) is 0 Å². The Morgan fingerprint density at radius 2 is 1.85 bits per heavy atom. The van der Waals surface area contributed by atoms with E-state index in [0.29, 0.717) is 10.5 Å². The van der Waals surface area contributed by atoms with E-state index >= 15 is 4.39 Å². The number of carbonyl (C=O) groups is 3. The predicted molar refractivity (Wildman–Crippen MR) is 115 cm³/mol. The molecule has 3 amide bonds. The molecular formula is C23H31FN2O7. The first-order chi connectivity index (χ1) is 15.2. The summed E-state index contributed by atoms with van der Waals surface area (Å²) in [6.07, 6.45) is -7.03. The van der Waals surface area contributed by atoms with Gasteiger partial charge in [-0.1, -0.05) is 30.3 Å². The predicted octanol–water partition coefficient (Wildman–Crippen LogP) is 3.17. The van der Waals surface area contributed by atoms with Crippen LogP contribution in [0.15, 0.2) is 30.3 Å². The first-order valence-electron chi connectivity index (χ1n) is 10.8. The van der Waals surface area contributed by atoms with Crippen molar-refractivity contribution in [2.45, 2.75) is 83.3 Å². The topological polar surface area (TPSA) is 106 Å². The van der Waals surface area contributed by atoms with Crippen LogP contribution in [-0.4, -0.2) is 75.3 Å². The molecule has 1 aromatic carbocycles. The van der Waals surface area contributed by atoms with Gasteiger partial charge in [-0.05, 0) is 47.1 Å². The molecule has 5 atom stereocenters. The number of imide groups is 1. The van der Waals surface area contributed by atoms with Gasteiger partial charge in [0.05, 0.1) is 18.7 Å². The first kappa shape index (κ1) is 24.9. The van der Waals surface area contributed by atoms with Gasteiger partial charge in [0.15, 0.2) is 0 Å². The second-order valence-electron chi connectivity index (χ2n) is 9.73. The number of hydrogen-bond donors (Lipinski definition) is 1. The SMILES string of the molecule is C[C@H]1[C@@H](c2ccccc2)OC(=O)N1C(=O)[C@H](F)[C@@H](O)[C@@H]1COC(C)(C)N1C(=O)OC(C)(C)C. The molecule has 0 unspecified atom stereocenters. The number of ether oxygens (including phenoxy) is 3. The molecule has 9 nitrogen and oxygen atoms in total. The second kappa shape index (κ2) is 8.90. The molecule has 0 bridgehead atoms. The maximum atomic E-state index is 15.3. The van der Waals surface area contributed by atoms with E-state index in [2.05, 4.69) is 0 Å². The summed E-state index contributed by atoms with van der Waals surface area (Å²) in [6.45, 7) is 9.51. The lowest BCUT2D eigenvalue weighted by Gasteiger charge is -2.37. The van der Waals surface area contributed by atoms with Crippen molar-refractivity contribution in [2.24, 2.45) is 0 Å². The van der Waals surface area contributed by atoms with Crippen molar-refractivity contribution in [3.8, 4) is 0 Å². The molecule has 0 aromatic heterocycles. The summed E-state index contributed by atoms with van der Waals surface area (Å²) in [4.78, 5) is 39.9. The number of benzene rings is 1. The van der Waals surface area contributed by atoms with Crippen molar-refractivity contribution in [3.05, 3.63) is 35.9 Å². The van der Waals surface area contributed by atoms with E-state index in [-0.39, 0.29) is 6.61 Å². The van der Waals surface area contributed by atoms with Crippen LogP contribution < -0.4 is 0 Å². The number of hydrogen-bond acceptors (Lipinski definition) is 7. The van der Waals surface area contributed by atoms with Gasteiger partial charge in [0, 0.05) is 0 Å². The molecule has 1 N–H and O–H groups in total. The highest BCUT2D eigenvalue weighted by Crippen LogP contribution is 2.35. The number of nitrogens with zero attached hydrogens (tertiary/aromatic N) is 2. The molecule has 0 aliphatic carbocycles. The van der Waals surface area contributed by atoms with Crippen molar-refractivity contribution in [1.82, 2.24) is 9.80 Å². The number of carbonyl (C=O) groups excluding carboxylic acids is 3. The average molecular weight is 467 g/mol. The van der Waals surface area contributed by atoms with Crippen LogP contribution in [0.3, 0.4) is 0 Å². The van der Waals surface area contributed by atoms with E-state index in [1.807, 2.05) is 0 Å². The second-order valence-corrected chi connectivity index (χ2v) is 9.73. The van der Waals surface area contributed by atoms with Crippen LogP contribution in [0.1, 0.15) is 53.2 Å². The van der Waals surface area contributed by atoms with Gasteiger partial charge in [0.1, 0.15) is 23.5 Å². The third-order valence-electron chi connectivity index (χ3n) is 5.67. The number of aliphatic hydroxyl groups is 1. The highest BCUT2D eigenvalue weighted by Gasteiger charge is 2.53. The summed E-state index contributed by atoms with van der Waals surface area (Å²) < 4.78 is 31.6. The van der Waals surface area contributed by atoms with Gasteiger partial charge in [-0.3, -0.25) is 9.69 Å². The van der Waals surface area contributed by atoms with Gasteiger partial charge in [-0.15, -0.1) is 0 Å². The Morgan fingerprint density at radius 3 is 2.42 bits per heavy atom. The normalized spacial score (nSPS) is 26.7. The van der Waals surface area contributed by atoms with E-state index in [1.54, 1.807) is 71.9 Å². The molecule has 0 radical (unpaired) electrons. The molecule has 3 rings (SSSR count). The fourth-order valence-electron chi connectivity index (χ4n) is 4.07. The summed E-state index contributed by atoms with van der Waals surface area (Å²) in [5, 5.41) is 10.7. The molecule has 0 spiro atoms. The maximum Gasteiger partial charge on any atom is 0.417 e. The molecule has 2 heterocycles. The molecule has 182 valence electrons. The van der Waals surface area contributed by atoms with Gasteiger partial charge in [0.25, 0.3) is 5.91 Å². The number of alkyl halides is 1. The Hall–Kier alpha value is -2.72. The lowest BCUT2D eigenvalue weighted by Crippen LogP contribution is -2.57. The van der Waals surface area contributed by atoms with Crippen LogP contribution in [-0.2, 0) is 19.0 Å². The third kappa shape index (κ3) is 4.96. The highest BCUT2D eigenvalue weighted by atomic mass is 19.1. The molecule has 2 fully saturated rings. The van der Waals surface area contributed by atoms with Gasteiger partial charge in [-0.2, -0.15) is 0 Å². The van der Waals surface area contributed by atoms with E-state index in [0.717, 1.165) is 4.90 Å². The zero-order valence-corrected chi connectivity index (χ0v) is 19.6. The van der Waals surface area contributed by atoms with Crippen molar-refractivity contribution in [2.75, 3.05) is 6.61 Å². The van der Waals surface area contributed by atoms with Crippen LogP contribution in [0.25, 0.3) is 0 Å². The molecule has 1 aromatic rings. The Labute approximate surface area is 192 Å². The Balaban J connectivity index is 1.78. The van der Waals surface area contributed by atoms with E-state index in [9.17, 15) is 19.5 Å². The smallest absolute Gasteiger partial charge is 0.417 e. The zero-order valence-electron chi connectivity index (χ0n) is 19.6. The molecule has 33 heavy (non-hydrogen) atoms. The van der Waals surface area contributed by atoms with Crippen LogP contribution in [0.5, 0.6) is 0 Å². The third-order valence-corrected chi connectivity index (χ3v) is 5.67. The molecule has 2 aliphatic heterocycles. The fraction of sp³-hybridized carbons (Fsp3) is 0.609. The fourth-order valence-corrected chi connectivity index (χ4v) is 4.07. The average Bonchev–Trinajstić information content (AvgIpc) is 3.20. The Kier molecular flexibility index (Phi) is 6.72. The number of cyclic esters (lactones) is 1. The van der Waals surface area contributed by atoms with Crippen molar-refractivity contribution < 1.29 is 38.1 Å². The molecule has 0 saturated carbocycles. The minimum atomic E-state index is -2.50. The summed E-state index contributed by atoms with van der Waals surface area (Å²) in [5.41, 5.74) is -1.38. The molecule has 10 heteroatoms. The number of aliphatic hydroxyl groups excluding tert-OH is 1. The minimum Gasteiger partial charge on any atom is -0.444 e. The van der Waals surface area contributed by atoms with Gasteiger partial charge in [0.2, 0.25) is 6.17 Å². The van der Waals surface area contributed by atoms with Gasteiger partial charge >= 0.3 is 12.2 Å². The summed E-state index contributed by atoms with van der Waals surface area (Å²) in [6, 6.07) is 6.79. The van der Waals surface area contributed by atoms with Crippen LogP contribution >= 0.6 is 0 Å². The maximum absolute atomic E-state index is 15.3. The van der Waals surface area contributed by atoms with Crippen LogP contribution in [0.4, 0.5) is 14.0 Å². The Morgan fingerprint density at radius 1 is 1.24 bits per heavy atom. The lowest BCUT2D eigenvalue weighted by molar-refractivity contribution is -0.140. The summed E-state index contributed by atoms with van der Waals surface area (Å²) in [5.74, 6) is -1.24. The van der Waals surface area contributed by atoms with Gasteiger partial charge < -0.3 is 19.3 Å². The Bertz CT molecular complexity index is 902. The lowest BCUT2D eigenvalue weighted by atomic mass is 10.0. The quantitative estimate of drug-likeness (QED) is 0.727. The first-order valence-corrected chi connectivity index (χ1v) is 10.8. The van der Waals surface area contributed by atoms with E-state index in [1.165, 1.54) is 0 Å². The van der Waals surface area contributed by atoms with E-state index < -0.39 is 59.9 Å². The number of rotatable bonds is 4. The van der Waals surface area contributed by atoms with Crippen LogP contribution in [0, 0.1) is 0 Å². The van der Waals surface area contributed by atoms with Crippen molar-refractivity contribution in [3.63, 3.8) is 0 Å². The zero-order chi connectivity index (χ0) is 24.7. The monoisotopic (exact) mass is 466 g/mol. The number of halogens is 1. The molecule has 2 aliphatic rings. The standard InChI is InChI=1S/C23H31FN2O7/c1-13-18(14-10-8-7-9-11-14)32-20(29)25(13)19(28)16(24)17(27)15-12-31-23(5,6)26(15)21(30)33-22(2,3)4/h7-11,13,15-18,27H,12H2,1-6H3/t13-,15-,16+,17-,18-/m0/s1. The van der Waals surface area contributed by atoms with Crippen molar-refractivity contribution >= 4 is 18.1 Å². The highest BCUT2D eigenvalue weighted by molar-refractivity contribution is 5.96. The minimum absolute atomic E-state index is 0.215. The van der Waals surface area contributed by atoms with Gasteiger partial charge in [-0.25, -0.2) is 18.9 Å². The molecular weight excluding hydrogens is 435 g/mol. The largest absolute Gasteiger partial charge is 0.444 e. The molecule has 2 saturated heterocycles. The summed E-state index contributed by atoms with van der Waals surface area (Å²) in [7, 11) is 0.